The van der Waals surface area contributed by atoms with E-state index in [4.69, 9.17) is 4.74 Å². The molecule has 34 heavy (non-hydrogen) atoms. The number of benzene rings is 3. The van der Waals surface area contributed by atoms with Crippen LogP contribution in [0.25, 0.3) is 5.70 Å². The Morgan fingerprint density at radius 2 is 1.76 bits per heavy atom. The topological polar surface area (TPSA) is 67.4 Å². The highest BCUT2D eigenvalue weighted by Gasteiger charge is 2.28. The number of fused-ring (bicyclic) bond motifs is 1. The van der Waals surface area contributed by atoms with E-state index in [1.165, 1.54) is 5.56 Å². The normalized spacial score (nSPS) is 15.3. The van der Waals surface area contributed by atoms with E-state index in [-0.39, 0.29) is 17.2 Å². The maximum atomic E-state index is 13.1. The number of anilines is 1. The highest BCUT2D eigenvalue weighted by molar-refractivity contribution is 6.09. The number of methoxy groups -OCH3 is 1. The second kappa shape index (κ2) is 9.18. The first kappa shape index (κ1) is 23.3. The van der Waals surface area contributed by atoms with Gasteiger partial charge in [-0.15, -0.1) is 0 Å². The van der Waals surface area contributed by atoms with Crippen LogP contribution >= 0.6 is 0 Å². The molecule has 5 heteroatoms. The molecule has 0 unspecified atom stereocenters. The Hall–Kier alpha value is -3.86. The minimum atomic E-state index is -0.171. The number of ketones is 1. The van der Waals surface area contributed by atoms with Gasteiger partial charge in [-0.2, -0.15) is 0 Å². The van der Waals surface area contributed by atoms with Crippen molar-refractivity contribution in [1.82, 2.24) is 5.32 Å². The van der Waals surface area contributed by atoms with Crippen molar-refractivity contribution >= 4 is 23.1 Å². The van der Waals surface area contributed by atoms with Gasteiger partial charge in [0.15, 0.2) is 5.78 Å². The number of ether oxygens (including phenoxy) is 1. The van der Waals surface area contributed by atoms with Gasteiger partial charge in [-0.05, 0) is 93.3 Å². The summed E-state index contributed by atoms with van der Waals surface area (Å²) in [7, 11) is 1.64. The van der Waals surface area contributed by atoms with Crippen molar-refractivity contribution in [2.24, 2.45) is 0 Å². The smallest absolute Gasteiger partial charge is 0.255 e. The van der Waals surface area contributed by atoms with Gasteiger partial charge in [-0.1, -0.05) is 18.2 Å². The molecule has 1 heterocycles. The standard InChI is InChI=1S/C29H30N2O3/c1-18-7-6-8-24(19(18)2)28(33)30-22-12-9-20(10-13-22)27(32)16-26-25-15-23(34-5)14-11-21(25)17-29(3,4)31-26/h6-16,31H,17H2,1-5H3,(H,30,33)/b26-16-. The molecule has 174 valence electrons. The zero-order chi connectivity index (χ0) is 24.5. The number of carbonyl (C=O) groups is 2. The van der Waals surface area contributed by atoms with E-state index in [0.29, 0.717) is 16.8 Å². The van der Waals surface area contributed by atoms with E-state index in [2.05, 4.69) is 30.5 Å². The van der Waals surface area contributed by atoms with Gasteiger partial charge in [0.25, 0.3) is 5.91 Å². The van der Waals surface area contributed by atoms with Crippen LogP contribution in [0.15, 0.2) is 66.7 Å². The zero-order valence-corrected chi connectivity index (χ0v) is 20.3. The predicted molar refractivity (Wildman–Crippen MR) is 137 cm³/mol. The molecule has 3 aromatic carbocycles. The van der Waals surface area contributed by atoms with Gasteiger partial charge >= 0.3 is 0 Å². The minimum absolute atomic E-state index is 0.110. The van der Waals surface area contributed by atoms with Crippen molar-refractivity contribution in [3.8, 4) is 5.75 Å². The van der Waals surface area contributed by atoms with Crippen LogP contribution in [-0.2, 0) is 6.42 Å². The van der Waals surface area contributed by atoms with E-state index in [9.17, 15) is 9.59 Å². The number of allylic oxidation sites excluding steroid dienone is 1. The van der Waals surface area contributed by atoms with Crippen LogP contribution in [0, 0.1) is 13.8 Å². The fourth-order valence-corrected chi connectivity index (χ4v) is 4.28. The molecule has 0 bridgehead atoms. The Morgan fingerprint density at radius 1 is 1.03 bits per heavy atom. The van der Waals surface area contributed by atoms with Gasteiger partial charge in [0.1, 0.15) is 5.75 Å². The second-order valence-electron chi connectivity index (χ2n) is 9.41. The Morgan fingerprint density at radius 3 is 2.47 bits per heavy atom. The van der Waals surface area contributed by atoms with Gasteiger partial charge in [-0.25, -0.2) is 0 Å². The van der Waals surface area contributed by atoms with Crippen LogP contribution in [0.3, 0.4) is 0 Å². The Balaban J connectivity index is 1.55. The third-order valence-corrected chi connectivity index (χ3v) is 6.26. The molecule has 1 aliphatic rings. The summed E-state index contributed by atoms with van der Waals surface area (Å²) in [6.45, 7) is 8.16. The van der Waals surface area contributed by atoms with Crippen LogP contribution in [-0.4, -0.2) is 24.3 Å². The summed E-state index contributed by atoms with van der Waals surface area (Å²) >= 11 is 0. The Bertz CT molecular complexity index is 1290. The van der Waals surface area contributed by atoms with Gasteiger partial charge < -0.3 is 15.4 Å². The molecular formula is C29H30N2O3. The molecule has 0 saturated heterocycles. The number of aryl methyl sites for hydroxylation is 1. The molecule has 0 atom stereocenters. The molecule has 1 aliphatic heterocycles. The van der Waals surface area contributed by atoms with Crippen LogP contribution in [0.5, 0.6) is 5.75 Å². The SMILES string of the molecule is COc1ccc2c(c1)/C(=C/C(=O)c1ccc(NC(=O)c3cccc(C)c3C)cc1)NC(C)(C)C2. The number of rotatable bonds is 5. The van der Waals surface area contributed by atoms with Crippen molar-refractivity contribution in [3.63, 3.8) is 0 Å². The molecule has 0 aliphatic carbocycles. The molecule has 0 spiro atoms. The summed E-state index contributed by atoms with van der Waals surface area (Å²) in [6, 6.07) is 18.6. The first-order valence-electron chi connectivity index (χ1n) is 11.4. The summed E-state index contributed by atoms with van der Waals surface area (Å²) < 4.78 is 5.39. The Kier molecular flexibility index (Phi) is 6.29. The van der Waals surface area contributed by atoms with Crippen molar-refractivity contribution in [1.29, 1.82) is 0 Å². The third kappa shape index (κ3) is 4.88. The number of nitrogens with one attached hydrogen (secondary N) is 2. The summed E-state index contributed by atoms with van der Waals surface area (Å²) in [5.41, 5.74) is 6.62. The highest BCUT2D eigenvalue weighted by atomic mass is 16.5. The van der Waals surface area contributed by atoms with E-state index in [1.54, 1.807) is 37.5 Å². The maximum Gasteiger partial charge on any atom is 0.255 e. The van der Waals surface area contributed by atoms with Crippen LogP contribution in [0.1, 0.15) is 56.8 Å². The summed E-state index contributed by atoms with van der Waals surface area (Å²) in [4.78, 5) is 25.8. The first-order chi connectivity index (χ1) is 16.2. The molecule has 0 aromatic heterocycles. The minimum Gasteiger partial charge on any atom is -0.497 e. The lowest BCUT2D eigenvalue weighted by Gasteiger charge is -2.35. The summed E-state index contributed by atoms with van der Waals surface area (Å²) in [6.07, 6.45) is 2.50. The summed E-state index contributed by atoms with van der Waals surface area (Å²) in [5.74, 6) is 0.477. The fraction of sp³-hybridized carbons (Fsp3) is 0.241. The van der Waals surface area contributed by atoms with E-state index in [1.807, 2.05) is 44.2 Å². The van der Waals surface area contributed by atoms with E-state index < -0.39 is 0 Å². The maximum absolute atomic E-state index is 13.1. The van der Waals surface area contributed by atoms with Crippen molar-refractivity contribution in [2.75, 3.05) is 12.4 Å². The predicted octanol–water partition coefficient (Wildman–Crippen LogP) is 5.71. The average molecular weight is 455 g/mol. The third-order valence-electron chi connectivity index (χ3n) is 6.26. The largest absolute Gasteiger partial charge is 0.497 e. The lowest BCUT2D eigenvalue weighted by molar-refractivity contribution is 0.102. The zero-order valence-electron chi connectivity index (χ0n) is 20.3. The molecule has 0 fully saturated rings. The second-order valence-corrected chi connectivity index (χ2v) is 9.41. The molecule has 0 saturated carbocycles. The number of carbonyl (C=O) groups excluding carboxylic acids is 2. The molecule has 0 radical (unpaired) electrons. The van der Waals surface area contributed by atoms with Crippen molar-refractivity contribution in [3.05, 3.63) is 100 Å². The quantitative estimate of drug-likeness (QED) is 0.383. The number of hydrogen-bond acceptors (Lipinski definition) is 4. The van der Waals surface area contributed by atoms with Crippen LogP contribution in [0.4, 0.5) is 5.69 Å². The van der Waals surface area contributed by atoms with Crippen molar-refractivity contribution in [2.45, 2.75) is 39.7 Å². The highest BCUT2D eigenvalue weighted by Crippen LogP contribution is 2.32. The number of amides is 1. The first-order valence-corrected chi connectivity index (χ1v) is 11.4. The van der Waals surface area contributed by atoms with Gasteiger partial charge in [0, 0.05) is 39.7 Å². The number of hydrogen-bond donors (Lipinski definition) is 2. The molecule has 4 rings (SSSR count). The van der Waals surface area contributed by atoms with Crippen molar-refractivity contribution < 1.29 is 14.3 Å². The Labute approximate surface area is 200 Å². The molecule has 3 aromatic rings. The fourth-order valence-electron chi connectivity index (χ4n) is 4.28. The van der Waals surface area contributed by atoms with Gasteiger partial charge in [-0.3, -0.25) is 9.59 Å². The molecule has 1 amide bonds. The average Bonchev–Trinajstić information content (AvgIpc) is 2.80. The van der Waals surface area contributed by atoms with E-state index in [0.717, 1.165) is 34.6 Å². The monoisotopic (exact) mass is 454 g/mol. The van der Waals surface area contributed by atoms with Crippen LogP contribution < -0.4 is 15.4 Å². The summed E-state index contributed by atoms with van der Waals surface area (Å²) in [5, 5.41) is 6.41. The lowest BCUT2D eigenvalue weighted by atomic mass is 9.85. The van der Waals surface area contributed by atoms with Gasteiger partial charge in [0.05, 0.1) is 7.11 Å². The van der Waals surface area contributed by atoms with Crippen LogP contribution in [0.2, 0.25) is 0 Å². The lowest BCUT2D eigenvalue weighted by Crippen LogP contribution is -2.43. The molecular weight excluding hydrogens is 424 g/mol. The molecule has 5 nitrogen and oxygen atoms in total. The van der Waals surface area contributed by atoms with E-state index >= 15 is 0 Å². The molecule has 2 N–H and O–H groups in total. The van der Waals surface area contributed by atoms with Gasteiger partial charge in [0.2, 0.25) is 0 Å².